The lowest BCUT2D eigenvalue weighted by molar-refractivity contribution is 0.316. The quantitative estimate of drug-likeness (QED) is 0.850. The van der Waals surface area contributed by atoms with Crippen LogP contribution in [-0.2, 0) is 6.42 Å². The van der Waals surface area contributed by atoms with Crippen molar-refractivity contribution < 1.29 is 8.91 Å². The zero-order chi connectivity index (χ0) is 15.2. The van der Waals surface area contributed by atoms with E-state index in [2.05, 4.69) is 36.2 Å². The smallest absolute Gasteiger partial charge is 0.231 e. The third kappa shape index (κ3) is 3.88. The minimum absolute atomic E-state index is 0.173. The fourth-order valence-electron chi connectivity index (χ4n) is 2.51. The van der Waals surface area contributed by atoms with Gasteiger partial charge in [-0.25, -0.2) is 4.39 Å². The van der Waals surface area contributed by atoms with Crippen molar-refractivity contribution in [2.24, 2.45) is 0 Å². The molecular formula is C16H22FN3O. The Kier molecular flexibility index (Phi) is 5.44. The number of nitrogens with one attached hydrogen (secondary N) is 1. The maximum Gasteiger partial charge on any atom is 0.231 e. The standard InChI is InChI=1S/C16H22FN3O/c1-4-13(11(3)18-5-2)16-19-15(20-21-16)10-12-8-6-7-9-14(12)17/h6-9,11,13,18H,4-5,10H2,1-3H3. The van der Waals surface area contributed by atoms with Crippen LogP contribution < -0.4 is 5.32 Å². The van der Waals surface area contributed by atoms with Crippen LogP contribution in [0.5, 0.6) is 0 Å². The molecule has 1 aromatic carbocycles. The Bertz CT molecular complexity index is 570. The number of likely N-dealkylation sites (N-methyl/N-ethyl adjacent to an activating group) is 1. The SMILES string of the molecule is CCNC(C)C(CC)c1nc(Cc2ccccc2F)no1. The first-order chi connectivity index (χ1) is 10.2. The van der Waals surface area contributed by atoms with Crippen LogP contribution in [0.3, 0.4) is 0 Å². The van der Waals surface area contributed by atoms with Crippen LogP contribution in [-0.4, -0.2) is 22.7 Å². The Labute approximate surface area is 124 Å². The maximum atomic E-state index is 13.6. The molecule has 1 heterocycles. The molecule has 0 radical (unpaired) electrons. The van der Waals surface area contributed by atoms with Gasteiger partial charge in [-0.05, 0) is 31.5 Å². The van der Waals surface area contributed by atoms with Crippen LogP contribution in [0.25, 0.3) is 0 Å². The summed E-state index contributed by atoms with van der Waals surface area (Å²) in [5.74, 6) is 1.08. The van der Waals surface area contributed by atoms with E-state index in [1.165, 1.54) is 6.07 Å². The Morgan fingerprint density at radius 1 is 1.29 bits per heavy atom. The summed E-state index contributed by atoms with van der Waals surface area (Å²) in [6.45, 7) is 7.17. The van der Waals surface area contributed by atoms with Gasteiger partial charge >= 0.3 is 0 Å². The lowest BCUT2D eigenvalue weighted by Gasteiger charge is -2.19. The van der Waals surface area contributed by atoms with Gasteiger partial charge in [-0.3, -0.25) is 0 Å². The van der Waals surface area contributed by atoms with Crippen molar-refractivity contribution in [3.05, 3.63) is 47.4 Å². The topological polar surface area (TPSA) is 51.0 Å². The molecule has 0 aliphatic heterocycles. The summed E-state index contributed by atoms with van der Waals surface area (Å²) in [5.41, 5.74) is 0.581. The molecule has 21 heavy (non-hydrogen) atoms. The number of hydrogen-bond donors (Lipinski definition) is 1. The van der Waals surface area contributed by atoms with Crippen molar-refractivity contribution >= 4 is 0 Å². The van der Waals surface area contributed by atoms with Crippen molar-refractivity contribution in [2.45, 2.75) is 45.6 Å². The van der Waals surface area contributed by atoms with Crippen molar-refractivity contribution in [1.29, 1.82) is 0 Å². The average Bonchev–Trinajstić information content (AvgIpc) is 2.91. The first-order valence-electron chi connectivity index (χ1n) is 7.45. The van der Waals surface area contributed by atoms with Gasteiger partial charge in [-0.1, -0.05) is 37.2 Å². The second-order valence-electron chi connectivity index (χ2n) is 5.18. The van der Waals surface area contributed by atoms with Crippen molar-refractivity contribution in [1.82, 2.24) is 15.5 Å². The van der Waals surface area contributed by atoms with Crippen molar-refractivity contribution in [2.75, 3.05) is 6.54 Å². The van der Waals surface area contributed by atoms with E-state index in [9.17, 15) is 4.39 Å². The van der Waals surface area contributed by atoms with E-state index < -0.39 is 0 Å². The summed E-state index contributed by atoms with van der Waals surface area (Å²) < 4.78 is 19.0. The molecule has 2 aromatic rings. The predicted molar refractivity (Wildman–Crippen MR) is 79.7 cm³/mol. The fraction of sp³-hybridized carbons (Fsp3) is 0.500. The van der Waals surface area contributed by atoms with Crippen LogP contribution in [0.2, 0.25) is 0 Å². The zero-order valence-electron chi connectivity index (χ0n) is 12.8. The summed E-state index contributed by atoms with van der Waals surface area (Å²) in [6.07, 6.45) is 1.26. The first-order valence-corrected chi connectivity index (χ1v) is 7.45. The molecule has 1 N–H and O–H groups in total. The molecule has 0 aliphatic carbocycles. The highest BCUT2D eigenvalue weighted by Crippen LogP contribution is 2.22. The highest BCUT2D eigenvalue weighted by atomic mass is 19.1. The Hall–Kier alpha value is -1.75. The van der Waals surface area contributed by atoms with Crippen molar-refractivity contribution in [3.8, 4) is 0 Å². The number of nitrogens with zero attached hydrogens (tertiary/aromatic N) is 2. The van der Waals surface area contributed by atoms with Crippen molar-refractivity contribution in [3.63, 3.8) is 0 Å². The lowest BCUT2D eigenvalue weighted by atomic mass is 9.98. The van der Waals surface area contributed by atoms with E-state index in [0.717, 1.165) is 13.0 Å². The molecule has 4 nitrogen and oxygen atoms in total. The molecular weight excluding hydrogens is 269 g/mol. The third-order valence-corrected chi connectivity index (χ3v) is 3.68. The molecule has 2 unspecified atom stereocenters. The Morgan fingerprint density at radius 3 is 2.71 bits per heavy atom. The van der Waals surface area contributed by atoms with E-state index in [1.807, 2.05) is 6.07 Å². The number of benzene rings is 1. The molecule has 0 amide bonds. The van der Waals surface area contributed by atoms with Crippen LogP contribution in [0.15, 0.2) is 28.8 Å². The predicted octanol–water partition coefficient (Wildman–Crippen LogP) is 3.29. The van der Waals surface area contributed by atoms with Gasteiger partial charge in [0, 0.05) is 12.5 Å². The highest BCUT2D eigenvalue weighted by Gasteiger charge is 2.23. The molecule has 0 saturated carbocycles. The summed E-state index contributed by atoms with van der Waals surface area (Å²) >= 11 is 0. The molecule has 1 aromatic heterocycles. The average molecular weight is 291 g/mol. The molecule has 0 fully saturated rings. The maximum absolute atomic E-state index is 13.6. The first kappa shape index (κ1) is 15.6. The van der Waals surface area contributed by atoms with Gasteiger partial charge in [-0.15, -0.1) is 0 Å². The van der Waals surface area contributed by atoms with E-state index >= 15 is 0 Å². The summed E-state index contributed by atoms with van der Waals surface area (Å²) in [7, 11) is 0. The molecule has 0 saturated heterocycles. The normalized spacial score (nSPS) is 14.1. The van der Waals surface area contributed by atoms with Gasteiger partial charge in [0.1, 0.15) is 5.82 Å². The molecule has 2 atom stereocenters. The van der Waals surface area contributed by atoms with Crippen LogP contribution >= 0.6 is 0 Å². The van der Waals surface area contributed by atoms with Gasteiger partial charge in [0.15, 0.2) is 5.82 Å². The van der Waals surface area contributed by atoms with Gasteiger partial charge in [0.05, 0.1) is 5.92 Å². The number of hydrogen-bond acceptors (Lipinski definition) is 4. The van der Waals surface area contributed by atoms with E-state index in [1.54, 1.807) is 12.1 Å². The number of rotatable bonds is 7. The summed E-state index contributed by atoms with van der Waals surface area (Å²) in [6, 6.07) is 6.93. The number of halogens is 1. The second kappa shape index (κ2) is 7.31. The summed E-state index contributed by atoms with van der Waals surface area (Å²) in [5, 5.41) is 7.36. The molecule has 0 spiro atoms. The van der Waals surface area contributed by atoms with Gasteiger partial charge in [-0.2, -0.15) is 4.98 Å². The molecule has 5 heteroatoms. The molecule has 114 valence electrons. The van der Waals surface area contributed by atoms with Gasteiger partial charge in [0.2, 0.25) is 5.89 Å². The molecule has 0 bridgehead atoms. The third-order valence-electron chi connectivity index (χ3n) is 3.68. The molecule has 2 rings (SSSR count). The van der Waals surface area contributed by atoms with Crippen LogP contribution in [0.4, 0.5) is 4.39 Å². The minimum Gasteiger partial charge on any atom is -0.339 e. The van der Waals surface area contributed by atoms with E-state index in [4.69, 9.17) is 4.52 Å². The zero-order valence-corrected chi connectivity index (χ0v) is 12.8. The van der Waals surface area contributed by atoms with Crippen LogP contribution in [0.1, 0.15) is 50.4 Å². The van der Waals surface area contributed by atoms with Crippen LogP contribution in [0, 0.1) is 5.82 Å². The van der Waals surface area contributed by atoms with E-state index in [-0.39, 0.29) is 17.8 Å². The Morgan fingerprint density at radius 2 is 2.05 bits per heavy atom. The fourth-order valence-corrected chi connectivity index (χ4v) is 2.51. The monoisotopic (exact) mass is 291 g/mol. The van der Waals surface area contributed by atoms with E-state index in [0.29, 0.717) is 23.7 Å². The van der Waals surface area contributed by atoms with Gasteiger partial charge in [0.25, 0.3) is 0 Å². The second-order valence-corrected chi connectivity index (χ2v) is 5.18. The minimum atomic E-state index is -0.239. The Balaban J connectivity index is 2.12. The number of aromatic nitrogens is 2. The highest BCUT2D eigenvalue weighted by molar-refractivity contribution is 5.20. The van der Waals surface area contributed by atoms with Gasteiger partial charge < -0.3 is 9.84 Å². The lowest BCUT2D eigenvalue weighted by Crippen LogP contribution is -2.31. The largest absolute Gasteiger partial charge is 0.339 e. The molecule has 0 aliphatic rings. The summed E-state index contributed by atoms with van der Waals surface area (Å²) in [4.78, 5) is 4.44.